The number of nitrogen functional groups attached to an aromatic ring is 1. The van der Waals surface area contributed by atoms with E-state index in [-0.39, 0.29) is 11.3 Å². The molecule has 0 saturated heterocycles. The van der Waals surface area contributed by atoms with Crippen LogP contribution in [0.2, 0.25) is 0 Å². The van der Waals surface area contributed by atoms with Crippen molar-refractivity contribution in [1.82, 2.24) is 4.31 Å². The normalized spacial score (nSPS) is 11.5. The second kappa shape index (κ2) is 4.68. The van der Waals surface area contributed by atoms with Crippen molar-refractivity contribution in [3.8, 4) is 0 Å². The molecule has 0 saturated carbocycles. The molecule has 1 rings (SSSR count). The van der Waals surface area contributed by atoms with E-state index in [1.54, 1.807) is 0 Å². The average Bonchev–Trinajstić information content (AvgIpc) is 2.15. The molecule has 0 amide bonds. The zero-order chi connectivity index (χ0) is 13.2. The number of benzene rings is 1. The highest BCUT2D eigenvalue weighted by atomic mass is 32.2. The molecule has 0 aliphatic carbocycles. The number of rotatable bonds is 4. The van der Waals surface area contributed by atoms with E-state index in [0.29, 0.717) is 0 Å². The molecule has 0 fully saturated rings. The summed E-state index contributed by atoms with van der Waals surface area (Å²) in [5.41, 5.74) is 4.88. The molecular formula is C9H13FN4O2S. The van der Waals surface area contributed by atoms with Gasteiger partial charge in [0.15, 0.2) is 0 Å². The van der Waals surface area contributed by atoms with E-state index >= 15 is 0 Å². The summed E-state index contributed by atoms with van der Waals surface area (Å²) in [4.78, 5) is 0. The molecular weight excluding hydrogens is 247 g/mol. The van der Waals surface area contributed by atoms with Gasteiger partial charge in [0.25, 0.3) is 0 Å². The van der Waals surface area contributed by atoms with E-state index in [9.17, 15) is 12.8 Å². The summed E-state index contributed by atoms with van der Waals surface area (Å²) < 4.78 is 39.6. The third-order valence-electron chi connectivity index (χ3n) is 2.00. The Balaban J connectivity index is 3.25. The lowest BCUT2D eigenvalue weighted by Crippen LogP contribution is -2.30. The number of halogens is 1. The topological polar surface area (TPSA) is 99.3 Å². The molecule has 0 heterocycles. The molecule has 0 bridgehead atoms. The Bertz CT molecular complexity index is 542. The van der Waals surface area contributed by atoms with Gasteiger partial charge in [0.2, 0.25) is 0 Å². The predicted molar refractivity (Wildman–Crippen MR) is 63.6 cm³/mol. The Morgan fingerprint density at radius 1 is 1.47 bits per heavy atom. The van der Waals surface area contributed by atoms with Crippen molar-refractivity contribution in [2.45, 2.75) is 0 Å². The highest BCUT2D eigenvalue weighted by molar-refractivity contribution is 7.90. The van der Waals surface area contributed by atoms with Crippen molar-refractivity contribution in [3.05, 3.63) is 29.6 Å². The van der Waals surface area contributed by atoms with Gasteiger partial charge < -0.3 is 5.73 Å². The molecule has 4 N–H and O–H groups in total. The van der Waals surface area contributed by atoms with E-state index in [1.807, 2.05) is 0 Å². The van der Waals surface area contributed by atoms with Crippen molar-refractivity contribution in [2.75, 3.05) is 18.8 Å². The third-order valence-corrected chi connectivity index (χ3v) is 3.44. The third kappa shape index (κ3) is 2.92. The maximum absolute atomic E-state index is 13.4. The van der Waals surface area contributed by atoms with Crippen LogP contribution in [0.5, 0.6) is 0 Å². The number of anilines is 1. The lowest BCUT2D eigenvalue weighted by molar-refractivity contribution is 0.526. The molecule has 6 nitrogen and oxygen atoms in total. The minimum Gasteiger partial charge on any atom is -0.384 e. The second-order valence-electron chi connectivity index (χ2n) is 3.47. The lowest BCUT2D eigenvalue weighted by Gasteiger charge is -2.15. The number of amidine groups is 1. The van der Waals surface area contributed by atoms with Crippen LogP contribution >= 0.6 is 0 Å². The Labute approximate surface area is 98.9 Å². The molecule has 0 atom stereocenters. The summed E-state index contributed by atoms with van der Waals surface area (Å²) >= 11 is 0. The van der Waals surface area contributed by atoms with Crippen molar-refractivity contribution in [1.29, 1.82) is 5.41 Å². The quantitative estimate of drug-likeness (QED) is 0.537. The average molecular weight is 260 g/mol. The highest BCUT2D eigenvalue weighted by Crippen LogP contribution is 2.19. The lowest BCUT2D eigenvalue weighted by atomic mass is 10.1. The molecule has 1 aromatic rings. The van der Waals surface area contributed by atoms with Gasteiger partial charge >= 0.3 is 10.2 Å². The van der Waals surface area contributed by atoms with E-state index in [2.05, 4.69) is 4.72 Å². The van der Waals surface area contributed by atoms with Crippen molar-refractivity contribution in [3.63, 3.8) is 0 Å². The van der Waals surface area contributed by atoms with Gasteiger partial charge in [-0.1, -0.05) is 6.07 Å². The van der Waals surface area contributed by atoms with E-state index in [0.717, 1.165) is 10.4 Å². The van der Waals surface area contributed by atoms with Crippen LogP contribution in [-0.4, -0.2) is 32.7 Å². The van der Waals surface area contributed by atoms with E-state index < -0.39 is 21.9 Å². The summed E-state index contributed by atoms with van der Waals surface area (Å²) in [5.74, 6) is -1.30. The fourth-order valence-electron chi connectivity index (χ4n) is 1.11. The first-order chi connectivity index (χ1) is 7.75. The van der Waals surface area contributed by atoms with Gasteiger partial charge in [-0.3, -0.25) is 10.1 Å². The molecule has 0 unspecified atom stereocenters. The number of nitrogens with two attached hydrogens (primary N) is 1. The number of hydrogen-bond donors (Lipinski definition) is 3. The van der Waals surface area contributed by atoms with Gasteiger partial charge in [-0.2, -0.15) is 12.7 Å². The maximum atomic E-state index is 13.4. The van der Waals surface area contributed by atoms with Gasteiger partial charge in [0.05, 0.1) is 11.3 Å². The van der Waals surface area contributed by atoms with Crippen LogP contribution in [0.3, 0.4) is 0 Å². The van der Waals surface area contributed by atoms with Gasteiger partial charge in [-0.05, 0) is 12.1 Å². The Morgan fingerprint density at radius 3 is 2.53 bits per heavy atom. The maximum Gasteiger partial charge on any atom is 0.301 e. The summed E-state index contributed by atoms with van der Waals surface area (Å²) in [5, 5.41) is 7.22. The van der Waals surface area contributed by atoms with Crippen LogP contribution in [-0.2, 0) is 10.2 Å². The zero-order valence-corrected chi connectivity index (χ0v) is 10.2. The smallest absolute Gasteiger partial charge is 0.301 e. The first-order valence-corrected chi connectivity index (χ1v) is 6.03. The molecule has 0 aromatic heterocycles. The van der Waals surface area contributed by atoms with Crippen molar-refractivity contribution in [2.24, 2.45) is 5.73 Å². The van der Waals surface area contributed by atoms with E-state index in [1.165, 1.54) is 26.2 Å². The van der Waals surface area contributed by atoms with Crippen LogP contribution in [0, 0.1) is 11.2 Å². The van der Waals surface area contributed by atoms with Gasteiger partial charge in [0, 0.05) is 14.1 Å². The minimum absolute atomic E-state index is 0.0637. The standard InChI is InChI=1S/C9H13FN4O2S/c1-14(2)17(15,16)13-7-5-3-4-6(10)8(7)9(11)12/h3-5,13H,1-2H3,(H3,11,12). The fourth-order valence-corrected chi connectivity index (χ4v) is 1.74. The summed E-state index contributed by atoms with van der Waals surface area (Å²) in [6, 6.07) is 3.76. The summed E-state index contributed by atoms with van der Waals surface area (Å²) in [6.07, 6.45) is 0. The van der Waals surface area contributed by atoms with Crippen LogP contribution in [0.15, 0.2) is 18.2 Å². The minimum atomic E-state index is -3.76. The van der Waals surface area contributed by atoms with E-state index in [4.69, 9.17) is 11.1 Å². The van der Waals surface area contributed by atoms with Gasteiger partial charge in [-0.15, -0.1) is 0 Å². The van der Waals surface area contributed by atoms with Gasteiger partial charge in [0.1, 0.15) is 11.7 Å². The molecule has 1 aromatic carbocycles. The van der Waals surface area contributed by atoms with Crippen LogP contribution in [0.25, 0.3) is 0 Å². The molecule has 0 spiro atoms. The first kappa shape index (κ1) is 13.4. The Morgan fingerprint density at radius 2 is 2.06 bits per heavy atom. The predicted octanol–water partition coefficient (Wildman–Crippen LogP) is 0.328. The summed E-state index contributed by atoms with van der Waals surface area (Å²) in [7, 11) is -1.10. The van der Waals surface area contributed by atoms with Crippen LogP contribution < -0.4 is 10.5 Å². The number of nitrogens with zero attached hydrogens (tertiary/aromatic N) is 1. The van der Waals surface area contributed by atoms with Crippen molar-refractivity contribution >= 4 is 21.7 Å². The van der Waals surface area contributed by atoms with Crippen LogP contribution in [0.1, 0.15) is 5.56 Å². The summed E-state index contributed by atoms with van der Waals surface area (Å²) in [6.45, 7) is 0. The zero-order valence-electron chi connectivity index (χ0n) is 9.36. The Hall–Kier alpha value is -1.67. The molecule has 0 aliphatic heterocycles. The first-order valence-electron chi connectivity index (χ1n) is 4.59. The van der Waals surface area contributed by atoms with Crippen LogP contribution in [0.4, 0.5) is 10.1 Å². The number of nitrogens with one attached hydrogen (secondary N) is 2. The molecule has 94 valence electrons. The Kier molecular flexibility index (Phi) is 3.69. The second-order valence-corrected chi connectivity index (χ2v) is 5.35. The van der Waals surface area contributed by atoms with Gasteiger partial charge in [-0.25, -0.2) is 4.39 Å². The number of hydrogen-bond acceptors (Lipinski definition) is 3. The molecule has 8 heteroatoms. The monoisotopic (exact) mass is 260 g/mol. The largest absolute Gasteiger partial charge is 0.384 e. The fraction of sp³-hybridized carbons (Fsp3) is 0.222. The SMILES string of the molecule is CN(C)S(=O)(=O)Nc1cccc(F)c1C(=N)N. The molecule has 0 radical (unpaired) electrons. The molecule has 0 aliphatic rings. The highest BCUT2D eigenvalue weighted by Gasteiger charge is 2.18. The molecule has 17 heavy (non-hydrogen) atoms. The van der Waals surface area contributed by atoms with Crippen molar-refractivity contribution < 1.29 is 12.8 Å².